The molecule has 0 aromatic heterocycles. The highest BCUT2D eigenvalue weighted by atomic mass is 32.2. The second kappa shape index (κ2) is 6.62. The van der Waals surface area contributed by atoms with Gasteiger partial charge in [-0.2, -0.15) is 4.94 Å². The van der Waals surface area contributed by atoms with Crippen LogP contribution in [0.2, 0.25) is 0 Å². The number of rotatable bonds is 7. The van der Waals surface area contributed by atoms with Crippen LogP contribution in [0.5, 0.6) is 0 Å². The van der Waals surface area contributed by atoms with Gasteiger partial charge in [0.05, 0.1) is 12.3 Å². The Bertz CT molecular complexity index is 181. The number of nitrogens with one attached hydrogen (secondary N) is 1. The predicted molar refractivity (Wildman–Crippen MR) is 55.9 cm³/mol. The van der Waals surface area contributed by atoms with Crippen molar-refractivity contribution in [1.82, 2.24) is 5.32 Å². The van der Waals surface area contributed by atoms with Gasteiger partial charge in [-0.3, -0.25) is 0 Å². The van der Waals surface area contributed by atoms with Crippen molar-refractivity contribution >= 4 is 12.0 Å². The minimum atomic E-state index is -2.42. The van der Waals surface area contributed by atoms with Crippen LogP contribution in [0.15, 0.2) is 0 Å². The minimum Gasteiger partial charge on any atom is -0.330 e. The Kier molecular flexibility index (Phi) is 5.81. The van der Waals surface area contributed by atoms with E-state index in [9.17, 15) is 8.92 Å². The van der Waals surface area contributed by atoms with Gasteiger partial charge < -0.3 is 9.87 Å². The molecule has 0 amide bonds. The second-order valence-electron chi connectivity index (χ2n) is 4.02. The molecule has 0 aliphatic heterocycles. The Hall–Kier alpha value is 0.0900. The first-order valence-electron chi connectivity index (χ1n) is 5.16. The van der Waals surface area contributed by atoms with Crippen LogP contribution in [-0.2, 0) is 4.94 Å². The van der Waals surface area contributed by atoms with Gasteiger partial charge in [0.2, 0.25) is 0 Å². The zero-order valence-electron chi connectivity index (χ0n) is 8.55. The molecule has 2 N–H and O–H groups in total. The standard InChI is InChI=1S/C9H17F2NO2S/c10-9(14-11,7-15-13)6-12-5-8-3-1-2-4-8/h8,12-13H,1-7H2. The van der Waals surface area contributed by atoms with E-state index in [-0.39, 0.29) is 18.6 Å². The number of hydrogen-bond acceptors (Lipinski definition) is 4. The van der Waals surface area contributed by atoms with Crippen molar-refractivity contribution in [2.45, 2.75) is 31.5 Å². The average molecular weight is 241 g/mol. The molecule has 0 aromatic rings. The Morgan fingerprint density at radius 1 is 1.47 bits per heavy atom. The van der Waals surface area contributed by atoms with E-state index in [1.165, 1.54) is 12.8 Å². The molecule has 0 heterocycles. The molecule has 3 nitrogen and oxygen atoms in total. The summed E-state index contributed by atoms with van der Waals surface area (Å²) in [4.78, 5) is 3.23. The zero-order chi connectivity index (χ0) is 11.1. The molecule has 0 saturated heterocycles. The molecule has 1 aliphatic rings. The fraction of sp³-hybridized carbons (Fsp3) is 1.00. The maximum absolute atomic E-state index is 13.4. The fourth-order valence-electron chi connectivity index (χ4n) is 1.87. The number of hydrogen-bond donors (Lipinski definition) is 2. The van der Waals surface area contributed by atoms with Crippen molar-refractivity contribution in [2.75, 3.05) is 18.8 Å². The van der Waals surface area contributed by atoms with E-state index in [0.29, 0.717) is 12.5 Å². The summed E-state index contributed by atoms with van der Waals surface area (Å²) >= 11 is 0.236. The third-order valence-corrected chi connectivity index (χ3v) is 3.28. The van der Waals surface area contributed by atoms with Gasteiger partial charge in [0.25, 0.3) is 5.85 Å². The highest BCUT2D eigenvalue weighted by Crippen LogP contribution is 2.24. The Morgan fingerprint density at radius 2 is 2.13 bits per heavy atom. The van der Waals surface area contributed by atoms with Gasteiger partial charge in [-0.25, -0.2) is 4.39 Å². The van der Waals surface area contributed by atoms with E-state index < -0.39 is 11.6 Å². The molecule has 1 aliphatic carbocycles. The van der Waals surface area contributed by atoms with Gasteiger partial charge in [0.15, 0.2) is 0 Å². The first kappa shape index (κ1) is 13.2. The summed E-state index contributed by atoms with van der Waals surface area (Å²) in [6, 6.07) is 0. The van der Waals surface area contributed by atoms with Gasteiger partial charge in [-0.05, 0) is 41.9 Å². The lowest BCUT2D eigenvalue weighted by Crippen LogP contribution is -2.41. The highest BCUT2D eigenvalue weighted by molar-refractivity contribution is 7.93. The van der Waals surface area contributed by atoms with Crippen molar-refractivity contribution in [3.8, 4) is 0 Å². The van der Waals surface area contributed by atoms with Crippen LogP contribution in [0.3, 0.4) is 0 Å². The van der Waals surface area contributed by atoms with Gasteiger partial charge in [0, 0.05) is 0 Å². The lowest BCUT2D eigenvalue weighted by molar-refractivity contribution is -0.279. The first-order valence-corrected chi connectivity index (χ1v) is 6.10. The van der Waals surface area contributed by atoms with Crippen LogP contribution in [0.25, 0.3) is 0 Å². The molecule has 6 heteroatoms. The fourth-order valence-corrected chi connectivity index (χ4v) is 2.21. The Morgan fingerprint density at radius 3 is 2.67 bits per heavy atom. The van der Waals surface area contributed by atoms with E-state index in [1.807, 2.05) is 0 Å². The van der Waals surface area contributed by atoms with Crippen LogP contribution in [-0.4, -0.2) is 29.2 Å². The van der Waals surface area contributed by atoms with Crippen LogP contribution in [0, 0.1) is 5.92 Å². The molecule has 0 radical (unpaired) electrons. The summed E-state index contributed by atoms with van der Waals surface area (Å²) in [5.74, 6) is -2.28. The predicted octanol–water partition coefficient (Wildman–Crippen LogP) is 2.54. The van der Waals surface area contributed by atoms with Crippen molar-refractivity contribution in [3.63, 3.8) is 0 Å². The molecule has 15 heavy (non-hydrogen) atoms. The summed E-state index contributed by atoms with van der Waals surface area (Å²) in [6.07, 6.45) is 4.74. The third-order valence-electron chi connectivity index (χ3n) is 2.72. The van der Waals surface area contributed by atoms with Gasteiger partial charge in [-0.1, -0.05) is 12.8 Å². The average Bonchev–Trinajstić information content (AvgIpc) is 2.71. The summed E-state index contributed by atoms with van der Waals surface area (Å²) < 4.78 is 33.7. The number of alkyl halides is 1. The summed E-state index contributed by atoms with van der Waals surface area (Å²) in [5.41, 5.74) is 0. The molecule has 0 spiro atoms. The zero-order valence-corrected chi connectivity index (χ0v) is 9.36. The summed E-state index contributed by atoms with van der Waals surface area (Å²) in [7, 11) is 0. The van der Waals surface area contributed by atoms with E-state index in [0.717, 1.165) is 12.8 Å². The first-order chi connectivity index (χ1) is 7.20. The smallest absolute Gasteiger partial charge is 0.269 e. The van der Waals surface area contributed by atoms with Crippen LogP contribution in [0.4, 0.5) is 8.92 Å². The van der Waals surface area contributed by atoms with Gasteiger partial charge >= 0.3 is 0 Å². The molecular formula is C9H17F2NO2S. The SMILES string of the molecule is OSCC(F)(CNCC1CCCC1)OF. The molecule has 90 valence electrons. The van der Waals surface area contributed by atoms with Crippen LogP contribution < -0.4 is 5.32 Å². The van der Waals surface area contributed by atoms with E-state index >= 15 is 0 Å². The van der Waals surface area contributed by atoms with Crippen LogP contribution >= 0.6 is 12.0 Å². The topological polar surface area (TPSA) is 41.5 Å². The van der Waals surface area contributed by atoms with Crippen molar-refractivity contribution in [1.29, 1.82) is 0 Å². The molecular weight excluding hydrogens is 224 g/mol. The molecule has 0 aromatic carbocycles. The minimum absolute atomic E-state index is 0.229. The van der Waals surface area contributed by atoms with E-state index in [2.05, 4.69) is 10.3 Å². The van der Waals surface area contributed by atoms with Crippen LogP contribution in [0.1, 0.15) is 25.7 Å². The molecule has 0 bridgehead atoms. The molecule has 1 atom stereocenters. The monoisotopic (exact) mass is 241 g/mol. The summed E-state index contributed by atoms with van der Waals surface area (Å²) in [5, 5.41) is 2.84. The van der Waals surface area contributed by atoms with Gasteiger partial charge in [-0.15, -0.1) is 0 Å². The van der Waals surface area contributed by atoms with Crippen molar-refractivity contribution in [2.24, 2.45) is 5.92 Å². The largest absolute Gasteiger partial charge is 0.330 e. The third kappa shape index (κ3) is 4.63. The quantitative estimate of drug-likeness (QED) is 0.672. The second-order valence-corrected chi connectivity index (χ2v) is 4.56. The molecule has 1 fully saturated rings. The van der Waals surface area contributed by atoms with Crippen molar-refractivity contribution in [3.05, 3.63) is 0 Å². The van der Waals surface area contributed by atoms with Crippen molar-refractivity contribution < 1.29 is 18.4 Å². The summed E-state index contributed by atoms with van der Waals surface area (Å²) in [6.45, 7) is 0.457. The van der Waals surface area contributed by atoms with E-state index in [1.54, 1.807) is 0 Å². The number of halogens is 2. The lowest BCUT2D eigenvalue weighted by Gasteiger charge is -2.20. The lowest BCUT2D eigenvalue weighted by atomic mass is 10.1. The Balaban J connectivity index is 2.15. The highest BCUT2D eigenvalue weighted by Gasteiger charge is 2.32. The molecule has 1 rings (SSSR count). The molecule has 1 unspecified atom stereocenters. The Labute approximate surface area is 92.7 Å². The van der Waals surface area contributed by atoms with E-state index in [4.69, 9.17) is 4.55 Å². The van der Waals surface area contributed by atoms with Gasteiger partial charge in [0.1, 0.15) is 0 Å². The maximum Gasteiger partial charge on any atom is 0.269 e. The molecule has 1 saturated carbocycles. The maximum atomic E-state index is 13.4. The normalized spacial score (nSPS) is 21.8.